The second-order valence-corrected chi connectivity index (χ2v) is 3.86. The fraction of sp³-hybridized carbons (Fsp3) is 0.636. The van der Waals surface area contributed by atoms with Crippen molar-refractivity contribution in [1.29, 1.82) is 0 Å². The first-order chi connectivity index (χ1) is 5.36. The molecule has 60 valence electrons. The fourth-order valence-electron chi connectivity index (χ4n) is 2.32. The summed E-state index contributed by atoms with van der Waals surface area (Å²) in [6.07, 6.45) is 10.6. The summed E-state index contributed by atoms with van der Waals surface area (Å²) < 4.78 is 0. The molecule has 0 aromatic carbocycles. The zero-order valence-electron chi connectivity index (χ0n) is 7.10. The Morgan fingerprint density at radius 3 is 3.00 bits per heavy atom. The van der Waals surface area contributed by atoms with E-state index < -0.39 is 0 Å². The molecule has 2 rings (SSSR count). The lowest BCUT2D eigenvalue weighted by Crippen LogP contribution is -2.13. The maximum Gasteiger partial charge on any atom is -0.0197 e. The second kappa shape index (κ2) is 2.84. The Morgan fingerprint density at radius 2 is 2.09 bits per heavy atom. The van der Waals surface area contributed by atoms with E-state index >= 15 is 0 Å². The minimum absolute atomic E-state index is 0.939. The van der Waals surface area contributed by atoms with Crippen LogP contribution in [0.15, 0.2) is 23.8 Å². The average Bonchev–Trinajstić information content (AvgIpc) is 2.04. The molecule has 0 aromatic rings. The predicted molar refractivity (Wildman–Crippen MR) is 48.4 cm³/mol. The molecule has 0 heterocycles. The largest absolute Gasteiger partial charge is 0.0958 e. The van der Waals surface area contributed by atoms with E-state index in [0.717, 1.165) is 5.92 Å². The van der Waals surface area contributed by atoms with E-state index in [9.17, 15) is 0 Å². The Kier molecular flexibility index (Phi) is 1.85. The molecule has 0 aliphatic heterocycles. The van der Waals surface area contributed by atoms with Crippen molar-refractivity contribution in [3.63, 3.8) is 0 Å². The molecule has 0 bridgehead atoms. The number of rotatable bonds is 0. The van der Waals surface area contributed by atoms with Gasteiger partial charge in [-0.15, -0.1) is 0 Å². The second-order valence-electron chi connectivity index (χ2n) is 3.86. The lowest BCUT2D eigenvalue weighted by molar-refractivity contribution is 0.419. The van der Waals surface area contributed by atoms with Crippen LogP contribution in [0.2, 0.25) is 0 Å². The summed E-state index contributed by atoms with van der Waals surface area (Å²) in [7, 11) is 0. The summed E-state index contributed by atoms with van der Waals surface area (Å²) in [6, 6.07) is 0. The predicted octanol–water partition coefficient (Wildman–Crippen LogP) is 3.45. The zero-order valence-corrected chi connectivity index (χ0v) is 7.10. The van der Waals surface area contributed by atoms with E-state index in [-0.39, 0.29) is 0 Å². The highest BCUT2D eigenvalue weighted by molar-refractivity contribution is 5.27. The maximum atomic E-state index is 4.03. The van der Waals surface area contributed by atoms with Crippen molar-refractivity contribution in [2.75, 3.05) is 0 Å². The van der Waals surface area contributed by atoms with Gasteiger partial charge in [-0.2, -0.15) is 0 Å². The first kappa shape index (κ1) is 7.15. The van der Waals surface area contributed by atoms with Crippen molar-refractivity contribution in [2.45, 2.75) is 38.5 Å². The van der Waals surface area contributed by atoms with Gasteiger partial charge in [-0.05, 0) is 38.0 Å². The summed E-state index contributed by atoms with van der Waals surface area (Å²) in [4.78, 5) is 0. The molecule has 0 nitrogen and oxygen atoms in total. The summed E-state index contributed by atoms with van der Waals surface area (Å²) in [5, 5.41) is 0. The van der Waals surface area contributed by atoms with Gasteiger partial charge in [0.2, 0.25) is 0 Å². The highest BCUT2D eigenvalue weighted by Crippen LogP contribution is 2.37. The Labute approximate surface area is 69.0 Å². The summed E-state index contributed by atoms with van der Waals surface area (Å²) in [5.74, 6) is 0.939. The van der Waals surface area contributed by atoms with Crippen molar-refractivity contribution < 1.29 is 0 Å². The number of hydrogen-bond donors (Lipinski definition) is 0. The molecule has 1 fully saturated rings. The number of allylic oxidation sites excluding steroid dienone is 3. The van der Waals surface area contributed by atoms with Crippen LogP contribution in [-0.4, -0.2) is 0 Å². The van der Waals surface area contributed by atoms with Crippen LogP contribution in [0.3, 0.4) is 0 Å². The molecule has 2 aliphatic carbocycles. The first-order valence-electron chi connectivity index (χ1n) is 4.74. The Hall–Kier alpha value is -0.520. The molecule has 0 N–H and O–H groups in total. The van der Waals surface area contributed by atoms with E-state index in [4.69, 9.17) is 0 Å². The van der Waals surface area contributed by atoms with Crippen LogP contribution in [0, 0.1) is 5.92 Å². The lowest BCUT2D eigenvalue weighted by atomic mass is 9.77. The van der Waals surface area contributed by atoms with Gasteiger partial charge in [0.25, 0.3) is 0 Å². The Morgan fingerprint density at radius 1 is 1.18 bits per heavy atom. The SMILES string of the molecule is C=C1C=C2CCCC[C@H]2CC1. The minimum Gasteiger partial charge on any atom is -0.0958 e. The van der Waals surface area contributed by atoms with E-state index in [1.165, 1.54) is 44.1 Å². The van der Waals surface area contributed by atoms with E-state index in [1.807, 2.05) is 0 Å². The van der Waals surface area contributed by atoms with Gasteiger partial charge in [-0.3, -0.25) is 0 Å². The third-order valence-electron chi connectivity index (χ3n) is 3.00. The third-order valence-corrected chi connectivity index (χ3v) is 3.00. The summed E-state index contributed by atoms with van der Waals surface area (Å²) in [6.45, 7) is 4.03. The van der Waals surface area contributed by atoms with Gasteiger partial charge in [-0.1, -0.05) is 30.2 Å². The van der Waals surface area contributed by atoms with Crippen molar-refractivity contribution in [1.82, 2.24) is 0 Å². The van der Waals surface area contributed by atoms with Crippen molar-refractivity contribution in [2.24, 2.45) is 5.92 Å². The Balaban J connectivity index is 2.16. The quantitative estimate of drug-likeness (QED) is 0.493. The van der Waals surface area contributed by atoms with E-state index in [1.54, 1.807) is 5.57 Å². The van der Waals surface area contributed by atoms with Crippen LogP contribution in [0.25, 0.3) is 0 Å². The fourth-order valence-corrected chi connectivity index (χ4v) is 2.32. The average molecular weight is 148 g/mol. The third kappa shape index (κ3) is 1.40. The molecular weight excluding hydrogens is 132 g/mol. The maximum absolute atomic E-state index is 4.03. The summed E-state index contributed by atoms with van der Waals surface area (Å²) >= 11 is 0. The molecule has 0 unspecified atom stereocenters. The molecule has 11 heavy (non-hydrogen) atoms. The van der Waals surface area contributed by atoms with E-state index in [0.29, 0.717) is 0 Å². The van der Waals surface area contributed by atoms with Crippen molar-refractivity contribution >= 4 is 0 Å². The highest BCUT2D eigenvalue weighted by Gasteiger charge is 2.21. The van der Waals surface area contributed by atoms with Crippen LogP contribution in [0.1, 0.15) is 38.5 Å². The van der Waals surface area contributed by atoms with Crippen molar-refractivity contribution in [3.8, 4) is 0 Å². The van der Waals surface area contributed by atoms with Gasteiger partial charge in [0.05, 0.1) is 0 Å². The van der Waals surface area contributed by atoms with Crippen LogP contribution < -0.4 is 0 Å². The monoisotopic (exact) mass is 148 g/mol. The van der Waals surface area contributed by atoms with Gasteiger partial charge in [0.15, 0.2) is 0 Å². The van der Waals surface area contributed by atoms with Gasteiger partial charge < -0.3 is 0 Å². The molecular formula is C11H16. The molecule has 1 saturated carbocycles. The van der Waals surface area contributed by atoms with Gasteiger partial charge in [0, 0.05) is 0 Å². The van der Waals surface area contributed by atoms with Gasteiger partial charge in [0.1, 0.15) is 0 Å². The molecule has 0 spiro atoms. The molecule has 0 heteroatoms. The normalized spacial score (nSPS) is 31.1. The first-order valence-corrected chi connectivity index (χ1v) is 4.74. The van der Waals surface area contributed by atoms with Gasteiger partial charge in [-0.25, -0.2) is 0 Å². The molecule has 0 saturated heterocycles. The van der Waals surface area contributed by atoms with Crippen LogP contribution in [-0.2, 0) is 0 Å². The number of hydrogen-bond acceptors (Lipinski definition) is 0. The highest BCUT2D eigenvalue weighted by atomic mass is 14.3. The minimum atomic E-state index is 0.939. The summed E-state index contributed by atoms with van der Waals surface area (Å²) in [5.41, 5.74) is 3.06. The lowest BCUT2D eigenvalue weighted by Gasteiger charge is -2.29. The van der Waals surface area contributed by atoms with Crippen LogP contribution in [0.5, 0.6) is 0 Å². The van der Waals surface area contributed by atoms with Gasteiger partial charge >= 0.3 is 0 Å². The zero-order chi connectivity index (χ0) is 7.68. The Bertz CT molecular complexity index is 198. The topological polar surface area (TPSA) is 0 Å². The van der Waals surface area contributed by atoms with Crippen LogP contribution in [0.4, 0.5) is 0 Å². The molecule has 2 aliphatic rings. The smallest absolute Gasteiger partial charge is 0.0197 e. The van der Waals surface area contributed by atoms with E-state index in [2.05, 4.69) is 12.7 Å². The van der Waals surface area contributed by atoms with Crippen molar-refractivity contribution in [3.05, 3.63) is 23.8 Å². The van der Waals surface area contributed by atoms with Crippen LogP contribution >= 0.6 is 0 Å². The number of fused-ring (bicyclic) bond motifs is 1. The standard InChI is InChI=1S/C11H16/c1-9-6-7-10-4-2-3-5-11(10)8-9/h8,10H,1-7H2/t10-/m0/s1. The molecule has 0 radical (unpaired) electrons. The molecule has 1 atom stereocenters. The molecule has 0 amide bonds. The molecule has 0 aromatic heterocycles.